The van der Waals surface area contributed by atoms with Gasteiger partial charge in [-0.25, -0.2) is 4.90 Å². The number of halogens is 1. The Morgan fingerprint density at radius 2 is 1.77 bits per heavy atom. The van der Waals surface area contributed by atoms with Crippen molar-refractivity contribution >= 4 is 46.7 Å². The minimum absolute atomic E-state index is 0.0510. The highest BCUT2D eigenvalue weighted by molar-refractivity contribution is 6.31. The van der Waals surface area contributed by atoms with Crippen LogP contribution >= 0.6 is 11.6 Å². The lowest BCUT2D eigenvalue weighted by molar-refractivity contribution is -0.139. The zero-order valence-corrected chi connectivity index (χ0v) is 20.2. The van der Waals surface area contributed by atoms with Crippen molar-refractivity contribution in [3.8, 4) is 5.75 Å². The Labute approximate surface area is 208 Å². The fourth-order valence-electron chi connectivity index (χ4n) is 5.18. The monoisotopic (exact) mass is 492 g/mol. The summed E-state index contributed by atoms with van der Waals surface area (Å²) in [5.74, 6) is -1.96. The number of rotatable bonds is 4. The third kappa shape index (κ3) is 4.25. The maximum Gasteiger partial charge on any atom is 0.316 e. The fraction of sp³-hybridized carbons (Fsp3) is 0.333. The number of amides is 3. The molecule has 0 bridgehead atoms. The summed E-state index contributed by atoms with van der Waals surface area (Å²) in [4.78, 5) is 54.1. The van der Waals surface area contributed by atoms with Gasteiger partial charge in [-0.3, -0.25) is 19.2 Å². The molecule has 2 aromatic carbocycles. The third-order valence-electron chi connectivity index (χ3n) is 7.03. The maximum absolute atomic E-state index is 13.0. The minimum atomic E-state index is -0.609. The first-order valence-corrected chi connectivity index (χ1v) is 12.0. The quantitative estimate of drug-likeness (QED) is 0.272. The van der Waals surface area contributed by atoms with Gasteiger partial charge in [0.2, 0.25) is 17.7 Å². The summed E-state index contributed by atoms with van der Waals surface area (Å²) in [5.41, 5.74) is 2.94. The van der Waals surface area contributed by atoms with E-state index in [9.17, 15) is 19.2 Å². The van der Waals surface area contributed by atoms with Crippen LogP contribution in [-0.4, -0.2) is 30.2 Å². The van der Waals surface area contributed by atoms with E-state index in [0.29, 0.717) is 40.6 Å². The SMILES string of the molecule is CC1=CC[C@@H]2C(=O)N(c3ccc(OC(=O)[C@@H]4CC(=O)N(c5cccc(Cl)c5)C4)cc3C)C(=O)[C@@H]2C1. The lowest BCUT2D eigenvalue weighted by atomic mass is 9.82. The Bertz CT molecular complexity index is 1290. The number of benzene rings is 2. The summed E-state index contributed by atoms with van der Waals surface area (Å²) in [6, 6.07) is 11.8. The molecule has 0 aromatic heterocycles. The van der Waals surface area contributed by atoms with E-state index >= 15 is 0 Å². The highest BCUT2D eigenvalue weighted by atomic mass is 35.5. The summed E-state index contributed by atoms with van der Waals surface area (Å²) in [5, 5.41) is 0.512. The molecule has 2 saturated heterocycles. The highest BCUT2D eigenvalue weighted by Crippen LogP contribution is 2.41. The Hall–Kier alpha value is -3.45. The standard InChI is InChI=1S/C27H25ClN2O5/c1-15-6-8-21-22(10-15)26(33)30(25(21)32)23-9-7-20(11-16(23)2)35-27(34)17-12-24(31)29(14-17)19-5-3-4-18(28)13-19/h3-7,9,11,13,17,21-22H,8,10,12,14H2,1-2H3/t17-,21+,22-/m1/s1. The number of hydrogen-bond donors (Lipinski definition) is 0. The van der Waals surface area contributed by atoms with Gasteiger partial charge in [-0.1, -0.05) is 29.3 Å². The van der Waals surface area contributed by atoms with Crippen LogP contribution in [0.25, 0.3) is 0 Å². The van der Waals surface area contributed by atoms with Crippen LogP contribution in [0.4, 0.5) is 11.4 Å². The van der Waals surface area contributed by atoms with Crippen LogP contribution in [-0.2, 0) is 19.2 Å². The molecule has 0 spiro atoms. The van der Waals surface area contributed by atoms with Gasteiger partial charge < -0.3 is 9.64 Å². The molecule has 2 heterocycles. The van der Waals surface area contributed by atoms with Gasteiger partial charge in [0.05, 0.1) is 23.4 Å². The number of aryl methyl sites for hydroxylation is 1. The molecular weight excluding hydrogens is 468 g/mol. The lowest BCUT2D eigenvalue weighted by Gasteiger charge is -2.19. The molecule has 0 unspecified atom stereocenters. The van der Waals surface area contributed by atoms with E-state index < -0.39 is 11.9 Å². The third-order valence-corrected chi connectivity index (χ3v) is 7.26. The molecule has 2 aromatic rings. The molecule has 5 rings (SSSR count). The summed E-state index contributed by atoms with van der Waals surface area (Å²) >= 11 is 6.03. The van der Waals surface area contributed by atoms with E-state index in [-0.39, 0.29) is 42.5 Å². The van der Waals surface area contributed by atoms with Gasteiger partial charge in [0.15, 0.2) is 0 Å². The molecule has 3 aliphatic rings. The average molecular weight is 493 g/mol. The van der Waals surface area contributed by atoms with Crippen LogP contribution in [0.2, 0.25) is 5.02 Å². The molecule has 1 aliphatic carbocycles. The molecule has 8 heteroatoms. The molecule has 0 radical (unpaired) electrons. The number of carbonyl (C=O) groups is 4. The first-order chi connectivity index (χ1) is 16.7. The molecule has 0 saturated carbocycles. The topological polar surface area (TPSA) is 84.0 Å². The van der Waals surface area contributed by atoms with Crippen molar-refractivity contribution in [1.29, 1.82) is 0 Å². The lowest BCUT2D eigenvalue weighted by Crippen LogP contribution is -2.31. The highest BCUT2D eigenvalue weighted by Gasteiger charge is 2.49. The molecule has 35 heavy (non-hydrogen) atoms. The number of hydrogen-bond acceptors (Lipinski definition) is 5. The van der Waals surface area contributed by atoms with Gasteiger partial charge in [0, 0.05) is 23.7 Å². The first-order valence-electron chi connectivity index (χ1n) is 11.6. The van der Waals surface area contributed by atoms with Crippen molar-refractivity contribution in [3.63, 3.8) is 0 Å². The van der Waals surface area contributed by atoms with Crippen molar-refractivity contribution in [2.45, 2.75) is 33.1 Å². The van der Waals surface area contributed by atoms with Crippen LogP contribution in [0.3, 0.4) is 0 Å². The molecule has 3 amide bonds. The number of allylic oxidation sites excluding steroid dienone is 2. The van der Waals surface area contributed by atoms with Gasteiger partial charge in [-0.2, -0.15) is 0 Å². The molecule has 2 aliphatic heterocycles. The number of carbonyl (C=O) groups excluding carboxylic acids is 4. The van der Waals surface area contributed by atoms with Crippen molar-refractivity contribution in [1.82, 2.24) is 0 Å². The van der Waals surface area contributed by atoms with Crippen molar-refractivity contribution < 1.29 is 23.9 Å². The second-order valence-corrected chi connectivity index (χ2v) is 9.91. The van der Waals surface area contributed by atoms with Gasteiger partial charge >= 0.3 is 5.97 Å². The fourth-order valence-corrected chi connectivity index (χ4v) is 5.36. The van der Waals surface area contributed by atoms with Gasteiger partial charge in [0.25, 0.3) is 0 Å². The maximum atomic E-state index is 13.0. The largest absolute Gasteiger partial charge is 0.426 e. The van der Waals surface area contributed by atoms with Gasteiger partial charge in [0.1, 0.15) is 5.75 Å². The van der Waals surface area contributed by atoms with Crippen molar-refractivity contribution in [2.24, 2.45) is 17.8 Å². The number of imide groups is 1. The van der Waals surface area contributed by atoms with E-state index in [1.165, 1.54) is 9.80 Å². The predicted molar refractivity (Wildman–Crippen MR) is 131 cm³/mol. The average Bonchev–Trinajstić information content (AvgIpc) is 3.32. The minimum Gasteiger partial charge on any atom is -0.426 e. The van der Waals surface area contributed by atoms with E-state index in [2.05, 4.69) is 0 Å². The van der Waals surface area contributed by atoms with Crippen LogP contribution in [0.1, 0.15) is 31.7 Å². The molecule has 3 atom stereocenters. The number of esters is 1. The van der Waals surface area contributed by atoms with E-state index in [1.54, 1.807) is 49.4 Å². The second kappa shape index (κ2) is 8.96. The first kappa shape index (κ1) is 23.3. The molecule has 7 nitrogen and oxygen atoms in total. The van der Waals surface area contributed by atoms with Crippen LogP contribution in [0.5, 0.6) is 5.75 Å². The van der Waals surface area contributed by atoms with Gasteiger partial charge in [-0.15, -0.1) is 0 Å². The number of anilines is 2. The normalized spacial score (nSPS) is 24.0. The van der Waals surface area contributed by atoms with Crippen LogP contribution < -0.4 is 14.5 Å². The number of nitrogens with zero attached hydrogens (tertiary/aromatic N) is 2. The van der Waals surface area contributed by atoms with Crippen LogP contribution in [0, 0.1) is 24.7 Å². The van der Waals surface area contributed by atoms with Crippen LogP contribution in [0.15, 0.2) is 54.1 Å². The van der Waals surface area contributed by atoms with Crippen molar-refractivity contribution in [3.05, 3.63) is 64.7 Å². The molecular formula is C27H25ClN2O5. The smallest absolute Gasteiger partial charge is 0.316 e. The van der Waals surface area contributed by atoms with Crippen molar-refractivity contribution in [2.75, 3.05) is 16.3 Å². The molecule has 0 N–H and O–H groups in total. The summed E-state index contributed by atoms with van der Waals surface area (Å²) in [6.45, 7) is 3.97. The molecule has 2 fully saturated rings. The van der Waals surface area contributed by atoms with E-state index in [0.717, 1.165) is 5.57 Å². The number of fused-ring (bicyclic) bond motifs is 1. The summed E-state index contributed by atoms with van der Waals surface area (Å²) in [6.07, 6.45) is 3.27. The molecule has 180 valence electrons. The Morgan fingerprint density at radius 3 is 2.51 bits per heavy atom. The Morgan fingerprint density at radius 1 is 1.00 bits per heavy atom. The zero-order chi connectivity index (χ0) is 24.9. The predicted octanol–water partition coefficient (Wildman–Crippen LogP) is 4.45. The summed E-state index contributed by atoms with van der Waals surface area (Å²) < 4.78 is 5.57. The Balaban J connectivity index is 1.28. The zero-order valence-electron chi connectivity index (χ0n) is 19.5. The second-order valence-electron chi connectivity index (χ2n) is 9.47. The summed E-state index contributed by atoms with van der Waals surface area (Å²) in [7, 11) is 0. The number of ether oxygens (including phenoxy) is 1. The van der Waals surface area contributed by atoms with E-state index in [1.807, 2.05) is 13.0 Å². The van der Waals surface area contributed by atoms with E-state index in [4.69, 9.17) is 16.3 Å². The Kier molecular flexibility index (Phi) is 5.97. The van der Waals surface area contributed by atoms with Gasteiger partial charge in [-0.05, 0) is 68.7 Å².